The summed E-state index contributed by atoms with van der Waals surface area (Å²) in [6.07, 6.45) is 14.2. The number of esters is 1. The van der Waals surface area contributed by atoms with Crippen molar-refractivity contribution in [1.29, 1.82) is 0 Å². The minimum Gasteiger partial charge on any atom is -0.464 e. The van der Waals surface area contributed by atoms with Gasteiger partial charge in [-0.15, -0.1) is 0 Å². The lowest BCUT2D eigenvalue weighted by molar-refractivity contribution is -0.152. The Morgan fingerprint density at radius 2 is 1.48 bits per heavy atom. The number of hydrogen-bond acceptors (Lipinski definition) is 4. The van der Waals surface area contributed by atoms with Crippen LogP contribution < -0.4 is 5.73 Å². The van der Waals surface area contributed by atoms with Gasteiger partial charge in [0.25, 0.3) is 0 Å². The van der Waals surface area contributed by atoms with Gasteiger partial charge in [-0.05, 0) is 24.8 Å². The van der Waals surface area contributed by atoms with E-state index in [9.17, 15) is 4.79 Å². The van der Waals surface area contributed by atoms with E-state index >= 15 is 0 Å². The molecule has 0 atom stereocenters. The van der Waals surface area contributed by atoms with E-state index in [1.54, 1.807) is 0 Å². The fraction of sp³-hybridized carbons (Fsp3) is 0.720. The van der Waals surface area contributed by atoms with Crippen molar-refractivity contribution in [2.75, 3.05) is 19.7 Å². The number of piperidine rings is 1. The van der Waals surface area contributed by atoms with Crippen LogP contribution in [0.3, 0.4) is 0 Å². The summed E-state index contributed by atoms with van der Waals surface area (Å²) in [4.78, 5) is 14.9. The van der Waals surface area contributed by atoms with Crippen molar-refractivity contribution in [3.63, 3.8) is 0 Å². The van der Waals surface area contributed by atoms with Gasteiger partial charge in [0.05, 0.1) is 6.61 Å². The smallest absolute Gasteiger partial charge is 0.326 e. The van der Waals surface area contributed by atoms with Crippen LogP contribution in [0.5, 0.6) is 0 Å². The first kappa shape index (κ1) is 23.9. The molecule has 1 aromatic rings. The molecule has 4 nitrogen and oxygen atoms in total. The highest BCUT2D eigenvalue weighted by molar-refractivity contribution is 5.80. The van der Waals surface area contributed by atoms with Crippen LogP contribution in [0.1, 0.15) is 89.5 Å². The molecule has 0 unspecified atom stereocenters. The maximum atomic E-state index is 12.5. The highest BCUT2D eigenvalue weighted by Crippen LogP contribution is 2.23. The number of benzene rings is 1. The first-order chi connectivity index (χ1) is 14.1. The molecule has 4 heteroatoms. The monoisotopic (exact) mass is 402 g/mol. The zero-order chi connectivity index (χ0) is 20.8. The lowest BCUT2D eigenvalue weighted by Crippen LogP contribution is -2.56. The molecule has 1 aliphatic heterocycles. The normalized spacial score (nSPS) is 16.6. The van der Waals surface area contributed by atoms with E-state index in [1.165, 1.54) is 56.9 Å². The van der Waals surface area contributed by atoms with Gasteiger partial charge in [0.2, 0.25) is 0 Å². The zero-order valence-corrected chi connectivity index (χ0v) is 18.5. The summed E-state index contributed by atoms with van der Waals surface area (Å²) >= 11 is 0. The lowest BCUT2D eigenvalue weighted by Gasteiger charge is -2.37. The predicted octanol–water partition coefficient (Wildman–Crippen LogP) is 5.44. The number of likely N-dealkylation sites (tertiary alicyclic amines) is 1. The zero-order valence-electron chi connectivity index (χ0n) is 18.5. The second kappa shape index (κ2) is 13.8. The quantitative estimate of drug-likeness (QED) is 0.332. The third kappa shape index (κ3) is 9.31. The van der Waals surface area contributed by atoms with Crippen molar-refractivity contribution in [2.45, 2.75) is 96.1 Å². The van der Waals surface area contributed by atoms with Gasteiger partial charge in [0.15, 0.2) is 0 Å². The molecule has 0 aromatic heterocycles. The van der Waals surface area contributed by atoms with E-state index < -0.39 is 5.54 Å². The van der Waals surface area contributed by atoms with Gasteiger partial charge in [-0.3, -0.25) is 9.69 Å². The minimum absolute atomic E-state index is 0.201. The summed E-state index contributed by atoms with van der Waals surface area (Å²) in [6, 6.07) is 10.5. The van der Waals surface area contributed by atoms with Crippen molar-refractivity contribution in [3.8, 4) is 0 Å². The van der Waals surface area contributed by atoms with Crippen molar-refractivity contribution < 1.29 is 9.53 Å². The minimum atomic E-state index is -0.800. The Kier molecular flexibility index (Phi) is 11.3. The molecule has 1 fully saturated rings. The number of rotatable bonds is 14. The van der Waals surface area contributed by atoms with Gasteiger partial charge in [-0.25, -0.2) is 0 Å². The van der Waals surface area contributed by atoms with Gasteiger partial charge < -0.3 is 10.5 Å². The second-order valence-electron chi connectivity index (χ2n) is 8.74. The van der Waals surface area contributed by atoms with Gasteiger partial charge in [-0.1, -0.05) is 95.0 Å². The fourth-order valence-corrected chi connectivity index (χ4v) is 4.05. The average Bonchev–Trinajstić information content (AvgIpc) is 2.74. The number of nitrogens with two attached hydrogens (primary N) is 1. The van der Waals surface area contributed by atoms with Crippen LogP contribution in [0.25, 0.3) is 0 Å². The van der Waals surface area contributed by atoms with Crippen LogP contribution in [0.15, 0.2) is 30.3 Å². The molecule has 1 heterocycles. The topological polar surface area (TPSA) is 55.6 Å². The Hall–Kier alpha value is -1.39. The summed E-state index contributed by atoms with van der Waals surface area (Å²) in [5.41, 5.74) is 6.89. The molecule has 0 radical (unpaired) electrons. The highest BCUT2D eigenvalue weighted by atomic mass is 16.5. The van der Waals surface area contributed by atoms with Crippen molar-refractivity contribution in [1.82, 2.24) is 4.90 Å². The van der Waals surface area contributed by atoms with Crippen LogP contribution in [0.2, 0.25) is 0 Å². The molecule has 0 aliphatic carbocycles. The fourth-order valence-electron chi connectivity index (χ4n) is 4.05. The highest BCUT2D eigenvalue weighted by Gasteiger charge is 2.38. The maximum absolute atomic E-state index is 12.5. The lowest BCUT2D eigenvalue weighted by atomic mass is 9.88. The van der Waals surface area contributed by atoms with Gasteiger partial charge in [0.1, 0.15) is 5.54 Å². The standard InChI is InChI=1S/C25H42N2O2/c1-2-3-4-5-6-7-8-9-10-14-21-29-24(28)25(26)17-19-27(20-18-25)22-23-15-12-11-13-16-23/h11-13,15-16H,2-10,14,17-22,26H2,1H3. The second-order valence-corrected chi connectivity index (χ2v) is 8.74. The van der Waals surface area contributed by atoms with Gasteiger partial charge in [-0.2, -0.15) is 0 Å². The van der Waals surface area contributed by atoms with Crippen molar-refractivity contribution in [3.05, 3.63) is 35.9 Å². The Morgan fingerprint density at radius 1 is 0.931 bits per heavy atom. The molecule has 0 saturated carbocycles. The molecule has 164 valence electrons. The van der Waals surface area contributed by atoms with E-state index in [0.29, 0.717) is 19.4 Å². The summed E-state index contributed by atoms with van der Waals surface area (Å²) in [7, 11) is 0. The van der Waals surface area contributed by atoms with Crippen molar-refractivity contribution >= 4 is 5.97 Å². The van der Waals surface area contributed by atoms with E-state index in [-0.39, 0.29) is 5.97 Å². The molecule has 2 N–H and O–H groups in total. The molecule has 29 heavy (non-hydrogen) atoms. The van der Waals surface area contributed by atoms with E-state index in [2.05, 4.69) is 36.1 Å². The molecular weight excluding hydrogens is 360 g/mol. The Labute approximate surface area is 178 Å². The van der Waals surface area contributed by atoms with Crippen LogP contribution in [0.4, 0.5) is 0 Å². The molecule has 0 bridgehead atoms. The predicted molar refractivity (Wildman–Crippen MR) is 121 cm³/mol. The number of nitrogens with zero attached hydrogens (tertiary/aromatic N) is 1. The van der Waals surface area contributed by atoms with Crippen LogP contribution in [-0.4, -0.2) is 36.1 Å². The third-order valence-electron chi connectivity index (χ3n) is 6.13. The van der Waals surface area contributed by atoms with E-state index in [1.807, 2.05) is 6.07 Å². The number of ether oxygens (including phenoxy) is 1. The largest absolute Gasteiger partial charge is 0.464 e. The van der Waals surface area contributed by atoms with E-state index in [4.69, 9.17) is 10.5 Å². The van der Waals surface area contributed by atoms with Crippen LogP contribution >= 0.6 is 0 Å². The first-order valence-electron chi connectivity index (χ1n) is 11.9. The van der Waals surface area contributed by atoms with Crippen molar-refractivity contribution in [2.24, 2.45) is 5.73 Å². The summed E-state index contributed by atoms with van der Waals surface area (Å²) in [6.45, 7) is 5.39. The molecular formula is C25H42N2O2. The van der Waals surface area contributed by atoms with E-state index in [0.717, 1.165) is 32.5 Å². The SMILES string of the molecule is CCCCCCCCCCCCOC(=O)C1(N)CCN(Cc2ccccc2)CC1. The molecule has 1 saturated heterocycles. The Bertz CT molecular complexity index is 553. The third-order valence-corrected chi connectivity index (χ3v) is 6.13. The summed E-state index contributed by atoms with van der Waals surface area (Å²) < 4.78 is 5.53. The molecule has 2 rings (SSSR count). The molecule has 0 spiro atoms. The number of carbonyl (C=O) groups excluding carboxylic acids is 1. The first-order valence-corrected chi connectivity index (χ1v) is 11.9. The molecule has 0 amide bonds. The number of carbonyl (C=O) groups is 1. The van der Waals surface area contributed by atoms with Crippen LogP contribution in [0, 0.1) is 0 Å². The molecule has 1 aromatic carbocycles. The maximum Gasteiger partial charge on any atom is 0.326 e. The number of hydrogen-bond donors (Lipinski definition) is 1. The summed E-state index contributed by atoms with van der Waals surface area (Å²) in [5.74, 6) is -0.201. The Balaban J connectivity index is 1.51. The summed E-state index contributed by atoms with van der Waals surface area (Å²) in [5, 5.41) is 0. The van der Waals surface area contributed by atoms with Crippen LogP contribution in [-0.2, 0) is 16.1 Å². The van der Waals surface area contributed by atoms with Gasteiger partial charge >= 0.3 is 5.97 Å². The average molecular weight is 403 g/mol. The number of unbranched alkanes of at least 4 members (excludes halogenated alkanes) is 9. The van der Waals surface area contributed by atoms with Gasteiger partial charge in [0, 0.05) is 19.6 Å². The molecule has 1 aliphatic rings. The Morgan fingerprint density at radius 3 is 2.07 bits per heavy atom.